The average Bonchev–Trinajstić information content (AvgIpc) is 3.24. The molecule has 0 spiro atoms. The molecule has 0 saturated heterocycles. The average molecular weight is 348 g/mol. The minimum absolute atomic E-state index is 0.0445. The fourth-order valence-electron chi connectivity index (χ4n) is 2.96. The zero-order valence-electron chi connectivity index (χ0n) is 13.7. The lowest BCUT2D eigenvalue weighted by atomic mass is 10.1. The first kappa shape index (κ1) is 15.7. The summed E-state index contributed by atoms with van der Waals surface area (Å²) >= 11 is 1.40. The molecule has 124 valence electrons. The van der Waals surface area contributed by atoms with Crippen molar-refractivity contribution in [2.24, 2.45) is 0 Å². The Morgan fingerprint density at radius 3 is 2.72 bits per heavy atom. The van der Waals surface area contributed by atoms with Crippen LogP contribution in [0.25, 0.3) is 11.1 Å². The van der Waals surface area contributed by atoms with Gasteiger partial charge in [0, 0.05) is 11.8 Å². The fourth-order valence-corrected chi connectivity index (χ4v) is 3.62. The van der Waals surface area contributed by atoms with Crippen molar-refractivity contribution in [2.75, 3.05) is 11.4 Å². The Labute approximate surface area is 149 Å². The topological polar surface area (TPSA) is 50.3 Å². The number of hydrogen-bond acceptors (Lipinski definition) is 4. The number of carbonyl (C=O) groups excluding carboxylic acids is 2. The van der Waals surface area contributed by atoms with Crippen LogP contribution in [0.4, 0.5) is 5.69 Å². The standard InChI is InChI=1S/C20H16N2O2S/c1-13-4-6-14(7-5-13)15-9-17-16(21-11-15)10-20(24)22(17)12-18(23)19-3-2-8-25-19/h2-9,11H,10,12H2,1H3. The molecule has 4 rings (SSSR count). The van der Waals surface area contributed by atoms with Crippen molar-refractivity contribution in [3.8, 4) is 11.1 Å². The highest BCUT2D eigenvalue weighted by molar-refractivity contribution is 7.12. The molecule has 0 N–H and O–H groups in total. The van der Waals surface area contributed by atoms with Crippen molar-refractivity contribution in [1.82, 2.24) is 4.98 Å². The molecule has 3 heterocycles. The van der Waals surface area contributed by atoms with E-state index in [4.69, 9.17) is 0 Å². The Morgan fingerprint density at radius 1 is 1.20 bits per heavy atom. The molecule has 5 heteroatoms. The van der Waals surface area contributed by atoms with E-state index >= 15 is 0 Å². The van der Waals surface area contributed by atoms with Crippen molar-refractivity contribution >= 4 is 28.7 Å². The highest BCUT2D eigenvalue weighted by Crippen LogP contribution is 2.32. The normalized spacial score (nSPS) is 13.2. The number of carbonyl (C=O) groups is 2. The van der Waals surface area contributed by atoms with Gasteiger partial charge in [-0.1, -0.05) is 35.9 Å². The van der Waals surface area contributed by atoms with Gasteiger partial charge in [-0.2, -0.15) is 0 Å². The van der Waals surface area contributed by atoms with Gasteiger partial charge in [-0.15, -0.1) is 11.3 Å². The maximum absolute atomic E-state index is 12.4. The lowest BCUT2D eigenvalue weighted by Crippen LogP contribution is -2.32. The number of anilines is 1. The molecule has 0 fully saturated rings. The van der Waals surface area contributed by atoms with E-state index in [0.717, 1.165) is 22.5 Å². The van der Waals surface area contributed by atoms with Crippen molar-refractivity contribution in [1.29, 1.82) is 0 Å². The number of amides is 1. The van der Waals surface area contributed by atoms with Gasteiger partial charge in [0.05, 0.1) is 29.2 Å². The molecule has 3 aromatic rings. The van der Waals surface area contributed by atoms with Crippen LogP contribution in [0.3, 0.4) is 0 Å². The highest BCUT2D eigenvalue weighted by atomic mass is 32.1. The van der Waals surface area contributed by atoms with Crippen LogP contribution in [-0.4, -0.2) is 23.2 Å². The van der Waals surface area contributed by atoms with E-state index in [9.17, 15) is 9.59 Å². The smallest absolute Gasteiger partial charge is 0.233 e. The van der Waals surface area contributed by atoms with Gasteiger partial charge in [-0.3, -0.25) is 14.6 Å². The quantitative estimate of drug-likeness (QED) is 0.672. The lowest BCUT2D eigenvalue weighted by Gasteiger charge is -2.16. The molecule has 25 heavy (non-hydrogen) atoms. The summed E-state index contributed by atoms with van der Waals surface area (Å²) in [6.07, 6.45) is 2.04. The molecule has 0 atom stereocenters. The number of hydrogen-bond donors (Lipinski definition) is 0. The molecular weight excluding hydrogens is 332 g/mol. The second-order valence-electron chi connectivity index (χ2n) is 6.11. The number of thiophene rings is 1. The molecule has 1 aromatic carbocycles. The maximum Gasteiger partial charge on any atom is 0.233 e. The molecule has 0 radical (unpaired) electrons. The zero-order chi connectivity index (χ0) is 17.4. The van der Waals surface area contributed by atoms with Crippen LogP contribution >= 0.6 is 11.3 Å². The molecule has 0 aliphatic carbocycles. The predicted molar refractivity (Wildman–Crippen MR) is 99.1 cm³/mol. The molecule has 0 saturated carbocycles. The largest absolute Gasteiger partial charge is 0.302 e. The third kappa shape index (κ3) is 2.98. The zero-order valence-corrected chi connectivity index (χ0v) is 14.5. The van der Waals surface area contributed by atoms with Crippen LogP contribution < -0.4 is 4.90 Å². The van der Waals surface area contributed by atoms with E-state index in [1.807, 2.05) is 48.7 Å². The molecule has 1 amide bonds. The SMILES string of the molecule is Cc1ccc(-c2cnc3c(c2)N(CC(=O)c2cccs2)C(=O)C3)cc1. The van der Waals surface area contributed by atoms with Gasteiger partial charge in [0.1, 0.15) is 0 Å². The van der Waals surface area contributed by atoms with E-state index in [-0.39, 0.29) is 24.7 Å². The summed E-state index contributed by atoms with van der Waals surface area (Å²) < 4.78 is 0. The second kappa shape index (κ2) is 6.26. The van der Waals surface area contributed by atoms with Gasteiger partial charge in [0.2, 0.25) is 5.91 Å². The summed E-state index contributed by atoms with van der Waals surface area (Å²) in [6.45, 7) is 2.10. The molecular formula is C20H16N2O2S. The van der Waals surface area contributed by atoms with Gasteiger partial charge < -0.3 is 4.90 Å². The Bertz CT molecular complexity index is 946. The lowest BCUT2D eigenvalue weighted by molar-refractivity contribution is -0.117. The first-order valence-corrected chi connectivity index (χ1v) is 8.93. The van der Waals surface area contributed by atoms with Crippen LogP contribution in [0.15, 0.2) is 54.0 Å². The second-order valence-corrected chi connectivity index (χ2v) is 7.06. The molecule has 0 unspecified atom stereocenters. The first-order valence-electron chi connectivity index (χ1n) is 8.05. The minimum atomic E-state index is -0.0755. The first-order chi connectivity index (χ1) is 12.1. The van der Waals surface area contributed by atoms with Crippen molar-refractivity contribution in [3.63, 3.8) is 0 Å². The molecule has 0 bridgehead atoms. The number of fused-ring (bicyclic) bond motifs is 1. The van der Waals surface area contributed by atoms with E-state index < -0.39 is 0 Å². The Morgan fingerprint density at radius 2 is 2.00 bits per heavy atom. The number of nitrogens with zero attached hydrogens (tertiary/aromatic N) is 2. The maximum atomic E-state index is 12.4. The van der Waals surface area contributed by atoms with Gasteiger partial charge in [0.25, 0.3) is 0 Å². The van der Waals surface area contributed by atoms with Crippen LogP contribution in [0.1, 0.15) is 20.9 Å². The number of rotatable bonds is 4. The Hall–Kier alpha value is -2.79. The monoisotopic (exact) mass is 348 g/mol. The number of aryl methyl sites for hydroxylation is 1. The van der Waals surface area contributed by atoms with E-state index in [1.54, 1.807) is 17.2 Å². The van der Waals surface area contributed by atoms with Gasteiger partial charge in [0.15, 0.2) is 5.78 Å². The number of aromatic nitrogens is 1. The van der Waals surface area contributed by atoms with Gasteiger partial charge in [-0.05, 0) is 30.0 Å². The number of ketones is 1. The van der Waals surface area contributed by atoms with E-state index in [0.29, 0.717) is 4.88 Å². The number of benzene rings is 1. The molecule has 4 nitrogen and oxygen atoms in total. The van der Waals surface area contributed by atoms with Crippen LogP contribution in [0.5, 0.6) is 0 Å². The summed E-state index contributed by atoms with van der Waals surface area (Å²) in [6, 6.07) is 13.8. The summed E-state index contributed by atoms with van der Waals surface area (Å²) in [5.74, 6) is -0.120. The van der Waals surface area contributed by atoms with Crippen LogP contribution in [0, 0.1) is 6.92 Å². The number of pyridine rings is 1. The summed E-state index contributed by atoms with van der Waals surface area (Å²) in [7, 11) is 0. The molecule has 1 aliphatic rings. The van der Waals surface area contributed by atoms with Crippen molar-refractivity contribution < 1.29 is 9.59 Å². The summed E-state index contributed by atoms with van der Waals surface area (Å²) in [5.41, 5.74) is 4.66. The number of Topliss-reactive ketones (excluding diaryl/α,β-unsaturated/α-hetero) is 1. The third-order valence-corrected chi connectivity index (χ3v) is 5.25. The van der Waals surface area contributed by atoms with Crippen molar-refractivity contribution in [3.05, 3.63) is 70.2 Å². The van der Waals surface area contributed by atoms with E-state index in [1.165, 1.54) is 16.9 Å². The van der Waals surface area contributed by atoms with Crippen molar-refractivity contribution in [2.45, 2.75) is 13.3 Å². The van der Waals surface area contributed by atoms with Gasteiger partial charge >= 0.3 is 0 Å². The third-order valence-electron chi connectivity index (χ3n) is 4.34. The summed E-state index contributed by atoms with van der Waals surface area (Å²) in [5, 5.41) is 1.87. The van der Waals surface area contributed by atoms with E-state index in [2.05, 4.69) is 4.98 Å². The molecule has 1 aliphatic heterocycles. The Kier molecular flexibility index (Phi) is 3.93. The Balaban J connectivity index is 1.66. The van der Waals surface area contributed by atoms with Crippen LogP contribution in [0.2, 0.25) is 0 Å². The fraction of sp³-hybridized carbons (Fsp3) is 0.150. The summed E-state index contributed by atoms with van der Waals surface area (Å²) in [4.78, 5) is 31.5. The van der Waals surface area contributed by atoms with Gasteiger partial charge in [-0.25, -0.2) is 0 Å². The highest BCUT2D eigenvalue weighted by Gasteiger charge is 2.30. The van der Waals surface area contributed by atoms with Crippen LogP contribution in [-0.2, 0) is 11.2 Å². The predicted octanol–water partition coefficient (Wildman–Crippen LogP) is 3.89. The molecule has 2 aromatic heterocycles. The minimum Gasteiger partial charge on any atom is -0.302 e.